The normalized spacial score (nSPS) is 11.3. The van der Waals surface area contributed by atoms with Crippen LogP contribution >= 0.6 is 0 Å². The molecule has 0 saturated heterocycles. The van der Waals surface area contributed by atoms with Gasteiger partial charge in [-0.05, 0) is 36.4 Å². The number of fused-ring (bicyclic) bond motifs is 1. The number of carbonyl (C=O) groups is 1. The average Bonchev–Trinajstić information content (AvgIpc) is 3.21. The van der Waals surface area contributed by atoms with Gasteiger partial charge in [0.2, 0.25) is 0 Å². The van der Waals surface area contributed by atoms with Crippen LogP contribution in [0.25, 0.3) is 16.9 Å². The minimum absolute atomic E-state index is 0.183. The molecule has 0 saturated carbocycles. The van der Waals surface area contributed by atoms with Gasteiger partial charge in [-0.25, -0.2) is 18.4 Å². The number of hydrogen-bond acceptors (Lipinski definition) is 6. The van der Waals surface area contributed by atoms with Gasteiger partial charge in [0.15, 0.2) is 15.5 Å². The van der Waals surface area contributed by atoms with Crippen LogP contribution in [0, 0.1) is 11.3 Å². The van der Waals surface area contributed by atoms with Gasteiger partial charge in [-0.3, -0.25) is 9.20 Å². The summed E-state index contributed by atoms with van der Waals surface area (Å²) in [7, 11) is -1.72. The Morgan fingerprint density at radius 2 is 1.71 bits per heavy atom. The molecular formula is C22H17N5O3S. The van der Waals surface area contributed by atoms with E-state index < -0.39 is 9.84 Å². The third-order valence-corrected chi connectivity index (χ3v) is 6.01. The highest BCUT2D eigenvalue weighted by atomic mass is 32.2. The largest absolute Gasteiger partial charge is 0.310 e. The Morgan fingerprint density at radius 1 is 1.03 bits per heavy atom. The summed E-state index contributed by atoms with van der Waals surface area (Å²) >= 11 is 0. The van der Waals surface area contributed by atoms with Crippen LogP contribution in [0.15, 0.2) is 72.0 Å². The highest BCUT2D eigenvalue weighted by molar-refractivity contribution is 7.90. The number of hydrogen-bond donors (Lipinski definition) is 0. The van der Waals surface area contributed by atoms with Crippen LogP contribution in [0.2, 0.25) is 0 Å². The second-order valence-corrected chi connectivity index (χ2v) is 8.98. The Hall–Kier alpha value is -4.03. The highest BCUT2D eigenvalue weighted by Crippen LogP contribution is 2.23. The number of sulfone groups is 1. The molecule has 0 atom stereocenters. The zero-order valence-corrected chi connectivity index (χ0v) is 17.5. The highest BCUT2D eigenvalue weighted by Gasteiger charge is 2.18. The maximum Gasteiger partial charge on any atom is 0.278 e. The molecule has 0 unspecified atom stereocenters. The number of nitrogens with zero attached hydrogens (tertiary/aromatic N) is 5. The first-order valence-corrected chi connectivity index (χ1v) is 11.1. The van der Waals surface area contributed by atoms with E-state index in [9.17, 15) is 13.2 Å². The summed E-state index contributed by atoms with van der Waals surface area (Å²) in [6.07, 6.45) is 5.94. The van der Waals surface area contributed by atoms with E-state index in [2.05, 4.69) is 16.0 Å². The Labute approximate surface area is 179 Å². The molecule has 1 amide bonds. The molecule has 4 rings (SSSR count). The van der Waals surface area contributed by atoms with Crippen LogP contribution < -0.4 is 4.90 Å². The number of benzene rings is 2. The molecule has 0 aliphatic carbocycles. The summed E-state index contributed by atoms with van der Waals surface area (Å²) in [5.74, 6) is -0.353. The van der Waals surface area contributed by atoms with Crippen molar-refractivity contribution < 1.29 is 13.2 Å². The quantitative estimate of drug-likeness (QED) is 0.492. The second-order valence-electron chi connectivity index (χ2n) is 6.96. The molecule has 2 aromatic carbocycles. The van der Waals surface area contributed by atoms with Crippen LogP contribution in [0.3, 0.4) is 0 Å². The Kier molecular flexibility index (Phi) is 5.01. The molecule has 154 valence electrons. The standard InChI is InChI=1S/C22H17N5O3S/c1-26(17-7-9-18(10-8-17)31(2,29)30)22(28)19-14-27-20(12-25-21(27)13-24-19)16-5-3-15(11-23)4-6-16/h3-10,12-14H,1-2H3. The van der Waals surface area contributed by atoms with Crippen LogP contribution in [0.4, 0.5) is 5.69 Å². The lowest BCUT2D eigenvalue weighted by atomic mass is 10.1. The van der Waals surface area contributed by atoms with Gasteiger partial charge in [0.1, 0.15) is 5.69 Å². The van der Waals surface area contributed by atoms with E-state index in [1.807, 2.05) is 12.1 Å². The van der Waals surface area contributed by atoms with E-state index in [-0.39, 0.29) is 16.5 Å². The van der Waals surface area contributed by atoms with E-state index in [1.165, 1.54) is 23.2 Å². The lowest BCUT2D eigenvalue weighted by Gasteiger charge is -2.17. The first-order chi connectivity index (χ1) is 14.8. The van der Waals surface area contributed by atoms with Crippen LogP contribution in [-0.2, 0) is 9.84 Å². The summed E-state index contributed by atoms with van der Waals surface area (Å²) in [4.78, 5) is 23.1. The first-order valence-electron chi connectivity index (χ1n) is 9.20. The van der Waals surface area contributed by atoms with Gasteiger partial charge in [0.05, 0.1) is 34.6 Å². The molecule has 8 nitrogen and oxygen atoms in total. The topological polar surface area (TPSA) is 108 Å². The first kappa shape index (κ1) is 20.3. The van der Waals surface area contributed by atoms with Crippen molar-refractivity contribution in [1.82, 2.24) is 14.4 Å². The molecule has 4 aromatic rings. The lowest BCUT2D eigenvalue weighted by Crippen LogP contribution is -2.27. The van der Waals surface area contributed by atoms with Crippen molar-refractivity contribution >= 4 is 27.1 Å². The van der Waals surface area contributed by atoms with Crippen molar-refractivity contribution in [2.45, 2.75) is 4.90 Å². The summed E-state index contributed by atoms with van der Waals surface area (Å²) < 4.78 is 25.0. The molecule has 0 radical (unpaired) electrons. The molecule has 0 N–H and O–H groups in total. The molecule has 2 heterocycles. The van der Waals surface area contributed by atoms with Crippen molar-refractivity contribution in [2.75, 3.05) is 18.2 Å². The summed E-state index contributed by atoms with van der Waals surface area (Å²) in [6.45, 7) is 0. The molecule has 2 aromatic heterocycles. The second kappa shape index (κ2) is 7.66. The molecule has 0 aliphatic rings. The van der Waals surface area contributed by atoms with Gasteiger partial charge in [0.25, 0.3) is 5.91 Å². The van der Waals surface area contributed by atoms with Gasteiger partial charge in [-0.15, -0.1) is 0 Å². The molecular weight excluding hydrogens is 414 g/mol. The lowest BCUT2D eigenvalue weighted by molar-refractivity contribution is 0.0988. The van der Waals surface area contributed by atoms with Crippen LogP contribution in [0.1, 0.15) is 16.1 Å². The van der Waals surface area contributed by atoms with Gasteiger partial charge in [-0.1, -0.05) is 12.1 Å². The third kappa shape index (κ3) is 3.89. The zero-order valence-electron chi connectivity index (χ0n) is 16.7. The smallest absolute Gasteiger partial charge is 0.278 e. The van der Waals surface area contributed by atoms with Crippen molar-refractivity contribution in [3.05, 3.63) is 78.4 Å². The Balaban J connectivity index is 1.67. The molecule has 0 aliphatic heterocycles. The van der Waals surface area contributed by atoms with E-state index in [4.69, 9.17) is 5.26 Å². The fourth-order valence-corrected chi connectivity index (χ4v) is 3.77. The van der Waals surface area contributed by atoms with Crippen LogP contribution in [-0.4, -0.2) is 42.0 Å². The predicted octanol–water partition coefficient (Wildman–Crippen LogP) is 2.95. The summed E-state index contributed by atoms with van der Waals surface area (Å²) in [5, 5.41) is 8.98. The third-order valence-electron chi connectivity index (χ3n) is 4.88. The SMILES string of the molecule is CN(C(=O)c1cn2c(-c3ccc(C#N)cc3)cnc2cn1)c1ccc(S(C)(=O)=O)cc1. The van der Waals surface area contributed by atoms with Gasteiger partial charge >= 0.3 is 0 Å². The Bertz CT molecular complexity index is 1430. The number of rotatable bonds is 4. The minimum atomic E-state index is -3.32. The monoisotopic (exact) mass is 431 g/mol. The minimum Gasteiger partial charge on any atom is -0.310 e. The van der Waals surface area contributed by atoms with Crippen LogP contribution in [0.5, 0.6) is 0 Å². The van der Waals surface area contributed by atoms with Gasteiger partial charge in [0, 0.05) is 30.8 Å². The average molecular weight is 431 g/mol. The molecule has 31 heavy (non-hydrogen) atoms. The van der Waals surface area contributed by atoms with Crippen molar-refractivity contribution in [3.8, 4) is 17.3 Å². The molecule has 0 fully saturated rings. The number of carbonyl (C=O) groups excluding carboxylic acids is 1. The van der Waals surface area contributed by atoms with Crippen molar-refractivity contribution in [3.63, 3.8) is 0 Å². The zero-order chi connectivity index (χ0) is 22.2. The maximum atomic E-state index is 13.0. The number of anilines is 1. The Morgan fingerprint density at radius 3 is 2.32 bits per heavy atom. The van der Waals surface area contributed by atoms with E-state index in [1.54, 1.807) is 48.1 Å². The van der Waals surface area contributed by atoms with E-state index >= 15 is 0 Å². The van der Waals surface area contributed by atoms with Crippen molar-refractivity contribution in [1.29, 1.82) is 5.26 Å². The molecule has 9 heteroatoms. The summed E-state index contributed by atoms with van der Waals surface area (Å²) in [6, 6.07) is 15.2. The van der Waals surface area contributed by atoms with E-state index in [0.717, 1.165) is 17.5 Å². The van der Waals surface area contributed by atoms with Gasteiger partial charge < -0.3 is 4.90 Å². The van der Waals surface area contributed by atoms with E-state index in [0.29, 0.717) is 16.9 Å². The predicted molar refractivity (Wildman–Crippen MR) is 115 cm³/mol. The summed E-state index contributed by atoms with van der Waals surface area (Å²) in [5.41, 5.74) is 3.49. The fraction of sp³-hybridized carbons (Fsp3) is 0.0909. The number of nitriles is 1. The van der Waals surface area contributed by atoms with Gasteiger partial charge in [-0.2, -0.15) is 5.26 Å². The number of amides is 1. The fourth-order valence-electron chi connectivity index (χ4n) is 3.13. The maximum absolute atomic E-state index is 13.0. The number of imidazole rings is 1. The number of aromatic nitrogens is 3. The molecule has 0 bridgehead atoms. The molecule has 0 spiro atoms. The van der Waals surface area contributed by atoms with Crippen molar-refractivity contribution in [2.24, 2.45) is 0 Å².